The highest BCUT2D eigenvalue weighted by molar-refractivity contribution is 6.35. The van der Waals surface area contributed by atoms with Gasteiger partial charge in [-0.3, -0.25) is 14.5 Å². The van der Waals surface area contributed by atoms with Crippen molar-refractivity contribution in [1.29, 1.82) is 0 Å². The Hall–Kier alpha value is -2.18. The molecule has 2 amide bonds. The third kappa shape index (κ3) is 3.83. The summed E-state index contributed by atoms with van der Waals surface area (Å²) in [6, 6.07) is 6.04. The van der Waals surface area contributed by atoms with Crippen molar-refractivity contribution < 1.29 is 14.3 Å². The molecule has 1 unspecified atom stereocenters. The third-order valence-corrected chi connectivity index (χ3v) is 6.49. The summed E-state index contributed by atoms with van der Waals surface area (Å²) < 4.78 is 5.71. The summed E-state index contributed by atoms with van der Waals surface area (Å²) >= 11 is 0. The molecule has 156 valence electrons. The number of benzene rings is 1. The van der Waals surface area contributed by atoms with Gasteiger partial charge in [0.25, 0.3) is 11.8 Å². The van der Waals surface area contributed by atoms with E-state index in [-0.39, 0.29) is 17.9 Å². The van der Waals surface area contributed by atoms with E-state index in [0.717, 1.165) is 56.7 Å². The molecule has 4 rings (SSSR count). The summed E-state index contributed by atoms with van der Waals surface area (Å²) in [7, 11) is 0. The summed E-state index contributed by atoms with van der Waals surface area (Å²) in [5, 5.41) is 0. The smallest absolute Gasteiger partial charge is 0.277 e. The van der Waals surface area contributed by atoms with E-state index < -0.39 is 0 Å². The van der Waals surface area contributed by atoms with E-state index in [1.54, 1.807) is 0 Å². The molecule has 0 saturated carbocycles. The van der Waals surface area contributed by atoms with Crippen LogP contribution in [0.5, 0.6) is 0 Å². The van der Waals surface area contributed by atoms with Crippen LogP contribution in [0.4, 0.5) is 0 Å². The molecule has 0 N–H and O–H groups in total. The highest BCUT2D eigenvalue weighted by atomic mass is 16.5. The van der Waals surface area contributed by atoms with Gasteiger partial charge in [-0.25, -0.2) is 0 Å². The van der Waals surface area contributed by atoms with Gasteiger partial charge < -0.3 is 14.5 Å². The Kier molecular flexibility index (Phi) is 5.74. The van der Waals surface area contributed by atoms with Crippen molar-refractivity contribution in [1.82, 2.24) is 14.7 Å². The second-order valence-electron chi connectivity index (χ2n) is 8.30. The number of carbonyl (C=O) groups is 2. The molecule has 0 aliphatic carbocycles. The second-order valence-corrected chi connectivity index (χ2v) is 8.30. The molecule has 0 spiro atoms. The van der Waals surface area contributed by atoms with Gasteiger partial charge >= 0.3 is 0 Å². The Morgan fingerprint density at radius 3 is 2.41 bits per heavy atom. The van der Waals surface area contributed by atoms with Gasteiger partial charge in [0.15, 0.2) is 0 Å². The minimum absolute atomic E-state index is 0.0415. The predicted octanol–water partition coefficient (Wildman–Crippen LogP) is 2.20. The van der Waals surface area contributed by atoms with Crippen LogP contribution in [-0.2, 0) is 14.3 Å². The molecule has 2 saturated heterocycles. The molecule has 2 fully saturated rings. The fourth-order valence-electron chi connectivity index (χ4n) is 4.46. The van der Waals surface area contributed by atoms with E-state index >= 15 is 0 Å². The van der Waals surface area contributed by atoms with Gasteiger partial charge in [-0.1, -0.05) is 25.1 Å². The van der Waals surface area contributed by atoms with Gasteiger partial charge in [0.2, 0.25) is 0 Å². The van der Waals surface area contributed by atoms with E-state index in [9.17, 15) is 9.59 Å². The average Bonchev–Trinajstić information content (AvgIpc) is 3.32. The van der Waals surface area contributed by atoms with Crippen molar-refractivity contribution in [2.75, 3.05) is 45.9 Å². The van der Waals surface area contributed by atoms with Crippen molar-refractivity contribution in [3.8, 4) is 0 Å². The normalized spacial score (nSPS) is 23.6. The maximum Gasteiger partial charge on any atom is 0.277 e. The van der Waals surface area contributed by atoms with Gasteiger partial charge in [-0.2, -0.15) is 0 Å². The van der Waals surface area contributed by atoms with Crippen LogP contribution in [0, 0.1) is 13.8 Å². The van der Waals surface area contributed by atoms with Crippen LogP contribution in [0.3, 0.4) is 0 Å². The quantitative estimate of drug-likeness (QED) is 0.713. The molecule has 3 heterocycles. The van der Waals surface area contributed by atoms with Crippen molar-refractivity contribution in [3.63, 3.8) is 0 Å². The molecular formula is C23H31N3O3. The SMILES string of the molecule is CCN1CCN(C2=C(c3ccc(C)c(C)c3)C(=O)N(CC3CCCO3)C2=O)CC1. The summed E-state index contributed by atoms with van der Waals surface area (Å²) in [4.78, 5) is 32.8. The van der Waals surface area contributed by atoms with E-state index in [2.05, 4.69) is 23.6 Å². The van der Waals surface area contributed by atoms with Crippen LogP contribution in [0.25, 0.3) is 5.57 Å². The molecule has 6 nitrogen and oxygen atoms in total. The number of imide groups is 1. The maximum absolute atomic E-state index is 13.4. The first-order valence-corrected chi connectivity index (χ1v) is 10.8. The lowest BCUT2D eigenvalue weighted by Gasteiger charge is -2.36. The number of aryl methyl sites for hydroxylation is 2. The van der Waals surface area contributed by atoms with Gasteiger partial charge in [0, 0.05) is 32.8 Å². The molecule has 29 heavy (non-hydrogen) atoms. The number of amides is 2. The monoisotopic (exact) mass is 397 g/mol. The van der Waals surface area contributed by atoms with E-state index in [4.69, 9.17) is 4.74 Å². The Morgan fingerprint density at radius 2 is 1.79 bits per heavy atom. The Balaban J connectivity index is 1.69. The number of rotatable bonds is 5. The van der Waals surface area contributed by atoms with Crippen LogP contribution >= 0.6 is 0 Å². The molecule has 3 aliphatic rings. The van der Waals surface area contributed by atoms with Gasteiger partial charge in [-0.05, 0) is 49.9 Å². The van der Waals surface area contributed by atoms with Crippen LogP contribution in [0.15, 0.2) is 23.9 Å². The summed E-state index contributed by atoms with van der Waals surface area (Å²) in [6.07, 6.45) is 1.85. The molecular weight excluding hydrogens is 366 g/mol. The zero-order chi connectivity index (χ0) is 20.5. The fourth-order valence-corrected chi connectivity index (χ4v) is 4.46. The van der Waals surface area contributed by atoms with Crippen molar-refractivity contribution in [2.45, 2.75) is 39.7 Å². The number of hydrogen-bond donors (Lipinski definition) is 0. The lowest BCUT2D eigenvalue weighted by Crippen LogP contribution is -2.47. The molecule has 0 aromatic heterocycles. The highest BCUT2D eigenvalue weighted by Crippen LogP contribution is 2.33. The van der Waals surface area contributed by atoms with Crippen molar-refractivity contribution >= 4 is 17.4 Å². The van der Waals surface area contributed by atoms with E-state index in [0.29, 0.717) is 24.4 Å². The highest BCUT2D eigenvalue weighted by Gasteiger charge is 2.43. The third-order valence-electron chi connectivity index (χ3n) is 6.49. The molecule has 1 aromatic rings. The standard InChI is InChI=1S/C23H31N3O3/c1-4-24-9-11-25(12-10-24)21-20(18-8-7-16(2)17(3)14-18)22(27)26(23(21)28)15-19-6-5-13-29-19/h7-8,14,19H,4-6,9-13,15H2,1-3H3. The number of nitrogens with zero attached hydrogens (tertiary/aromatic N) is 3. The lowest BCUT2D eigenvalue weighted by atomic mass is 9.99. The molecule has 0 bridgehead atoms. The number of likely N-dealkylation sites (N-methyl/N-ethyl adjacent to an activating group) is 1. The molecule has 1 aromatic carbocycles. The van der Waals surface area contributed by atoms with E-state index in [1.165, 1.54) is 10.5 Å². The summed E-state index contributed by atoms with van der Waals surface area (Å²) in [6.45, 7) is 11.7. The van der Waals surface area contributed by atoms with Crippen molar-refractivity contribution in [3.05, 3.63) is 40.6 Å². The van der Waals surface area contributed by atoms with Crippen molar-refractivity contribution in [2.24, 2.45) is 0 Å². The Bertz CT molecular complexity index is 834. The van der Waals surface area contributed by atoms with Crippen LogP contribution in [0.1, 0.15) is 36.5 Å². The zero-order valence-electron chi connectivity index (χ0n) is 17.7. The molecule has 1 atom stereocenters. The van der Waals surface area contributed by atoms with E-state index in [1.807, 2.05) is 25.1 Å². The number of hydrogen-bond acceptors (Lipinski definition) is 5. The topological polar surface area (TPSA) is 53.1 Å². The first-order chi connectivity index (χ1) is 14.0. The second kappa shape index (κ2) is 8.28. The van der Waals surface area contributed by atoms with Gasteiger partial charge in [0.1, 0.15) is 5.70 Å². The van der Waals surface area contributed by atoms with Crippen LogP contribution < -0.4 is 0 Å². The molecule has 6 heteroatoms. The Labute approximate surface area is 173 Å². The van der Waals surface area contributed by atoms with Gasteiger partial charge in [-0.15, -0.1) is 0 Å². The molecule has 0 radical (unpaired) electrons. The first-order valence-electron chi connectivity index (χ1n) is 10.8. The summed E-state index contributed by atoms with van der Waals surface area (Å²) in [5.41, 5.74) is 4.28. The number of ether oxygens (including phenoxy) is 1. The fraction of sp³-hybridized carbons (Fsp3) is 0.565. The number of piperazine rings is 1. The zero-order valence-corrected chi connectivity index (χ0v) is 17.7. The minimum atomic E-state index is -0.179. The van der Waals surface area contributed by atoms with Crippen LogP contribution in [-0.4, -0.2) is 78.5 Å². The largest absolute Gasteiger partial charge is 0.376 e. The summed E-state index contributed by atoms with van der Waals surface area (Å²) in [5.74, 6) is -0.342. The van der Waals surface area contributed by atoms with Gasteiger partial charge in [0.05, 0.1) is 18.2 Å². The minimum Gasteiger partial charge on any atom is -0.376 e. The first kappa shape index (κ1) is 20.1. The number of carbonyl (C=O) groups excluding carboxylic acids is 2. The van der Waals surface area contributed by atoms with Crippen LogP contribution in [0.2, 0.25) is 0 Å². The molecule has 3 aliphatic heterocycles. The maximum atomic E-state index is 13.4. The predicted molar refractivity (Wildman–Crippen MR) is 112 cm³/mol. The Morgan fingerprint density at radius 1 is 1.03 bits per heavy atom. The lowest BCUT2D eigenvalue weighted by molar-refractivity contribution is -0.139. The average molecular weight is 398 g/mol.